The van der Waals surface area contributed by atoms with E-state index in [1.54, 1.807) is 6.20 Å². The van der Waals surface area contributed by atoms with Crippen molar-refractivity contribution >= 4 is 6.29 Å². The molecule has 110 valence electrons. The van der Waals surface area contributed by atoms with Gasteiger partial charge in [0, 0.05) is 17.8 Å². The van der Waals surface area contributed by atoms with Crippen LogP contribution >= 0.6 is 0 Å². The summed E-state index contributed by atoms with van der Waals surface area (Å²) in [6, 6.07) is 8.22. The van der Waals surface area contributed by atoms with Crippen molar-refractivity contribution in [2.24, 2.45) is 0 Å². The van der Waals surface area contributed by atoms with Gasteiger partial charge in [-0.1, -0.05) is 32.0 Å². The number of carbonyl (C=O) groups is 1. The average molecular weight is 283 g/mol. The summed E-state index contributed by atoms with van der Waals surface area (Å²) in [4.78, 5) is 15.5. The summed E-state index contributed by atoms with van der Waals surface area (Å²) in [5, 5.41) is 0. The standard InChI is InChI=1S/C18H21NO2/c1-4-13-8-7-9-14(5-2)18(13)16-10-17(21-6-3)15(12-20)11-19-16/h7-12H,4-6H2,1-3H3. The Morgan fingerprint density at radius 2 is 1.81 bits per heavy atom. The molecule has 0 spiro atoms. The minimum atomic E-state index is 0.493. The molecule has 3 heteroatoms. The first-order valence-electron chi connectivity index (χ1n) is 7.44. The fourth-order valence-electron chi connectivity index (χ4n) is 2.52. The molecule has 1 aromatic carbocycles. The zero-order valence-electron chi connectivity index (χ0n) is 12.8. The molecular weight excluding hydrogens is 262 g/mol. The van der Waals surface area contributed by atoms with Gasteiger partial charge in [-0.15, -0.1) is 0 Å². The summed E-state index contributed by atoms with van der Waals surface area (Å²) in [6.45, 7) is 6.72. The highest BCUT2D eigenvalue weighted by Crippen LogP contribution is 2.30. The molecule has 0 amide bonds. The predicted molar refractivity (Wildman–Crippen MR) is 85.0 cm³/mol. The molecule has 0 aliphatic carbocycles. The number of nitrogens with zero attached hydrogens (tertiary/aromatic N) is 1. The smallest absolute Gasteiger partial charge is 0.155 e. The molecule has 3 nitrogen and oxygen atoms in total. The molecule has 0 radical (unpaired) electrons. The van der Waals surface area contributed by atoms with Crippen molar-refractivity contribution in [2.75, 3.05) is 6.61 Å². The third-order valence-electron chi connectivity index (χ3n) is 3.58. The molecule has 1 heterocycles. The van der Waals surface area contributed by atoms with Gasteiger partial charge < -0.3 is 4.74 Å². The summed E-state index contributed by atoms with van der Waals surface area (Å²) in [5.41, 5.74) is 5.07. The number of ether oxygens (including phenoxy) is 1. The zero-order valence-corrected chi connectivity index (χ0v) is 12.8. The molecule has 1 aromatic heterocycles. The first-order valence-corrected chi connectivity index (χ1v) is 7.44. The maximum absolute atomic E-state index is 11.1. The Kier molecular flexibility index (Phi) is 5.09. The number of aromatic nitrogens is 1. The Hall–Kier alpha value is -2.16. The third-order valence-corrected chi connectivity index (χ3v) is 3.58. The molecule has 0 N–H and O–H groups in total. The van der Waals surface area contributed by atoms with Crippen molar-refractivity contribution in [2.45, 2.75) is 33.6 Å². The number of hydrogen-bond acceptors (Lipinski definition) is 3. The van der Waals surface area contributed by atoms with E-state index in [1.165, 1.54) is 16.7 Å². The molecule has 0 unspecified atom stereocenters. The lowest BCUT2D eigenvalue weighted by Crippen LogP contribution is -2.00. The van der Waals surface area contributed by atoms with Gasteiger partial charge in [0.25, 0.3) is 0 Å². The normalized spacial score (nSPS) is 10.4. The van der Waals surface area contributed by atoms with Gasteiger partial charge in [0.1, 0.15) is 5.75 Å². The molecule has 0 saturated carbocycles. The fourth-order valence-corrected chi connectivity index (χ4v) is 2.52. The molecule has 0 saturated heterocycles. The number of carbonyl (C=O) groups excluding carboxylic acids is 1. The summed E-state index contributed by atoms with van der Waals surface area (Å²) in [5.74, 6) is 0.602. The predicted octanol–water partition coefficient (Wildman–Crippen LogP) is 4.08. The summed E-state index contributed by atoms with van der Waals surface area (Å²) in [6.07, 6.45) is 4.28. The van der Waals surface area contributed by atoms with E-state index in [4.69, 9.17) is 4.74 Å². The number of aryl methyl sites for hydroxylation is 2. The topological polar surface area (TPSA) is 39.2 Å². The second kappa shape index (κ2) is 7.02. The molecule has 2 rings (SSSR count). The highest BCUT2D eigenvalue weighted by atomic mass is 16.5. The van der Waals surface area contributed by atoms with E-state index >= 15 is 0 Å². The second-order valence-corrected chi connectivity index (χ2v) is 4.82. The maximum Gasteiger partial charge on any atom is 0.155 e. The molecule has 0 aliphatic heterocycles. The Morgan fingerprint density at radius 1 is 1.14 bits per heavy atom. The van der Waals surface area contributed by atoms with Crippen LogP contribution in [0, 0.1) is 0 Å². The van der Waals surface area contributed by atoms with E-state index in [2.05, 4.69) is 37.0 Å². The van der Waals surface area contributed by atoms with Gasteiger partial charge in [-0.25, -0.2) is 0 Å². The van der Waals surface area contributed by atoms with Gasteiger partial charge in [-0.3, -0.25) is 9.78 Å². The van der Waals surface area contributed by atoms with Crippen molar-refractivity contribution in [1.29, 1.82) is 0 Å². The lowest BCUT2D eigenvalue weighted by atomic mass is 9.94. The van der Waals surface area contributed by atoms with Crippen LogP contribution in [-0.2, 0) is 12.8 Å². The third kappa shape index (κ3) is 3.13. The van der Waals surface area contributed by atoms with Gasteiger partial charge in [0.15, 0.2) is 6.29 Å². The number of rotatable bonds is 6. The first-order chi connectivity index (χ1) is 10.2. The molecule has 0 atom stereocenters. The number of hydrogen-bond donors (Lipinski definition) is 0. The van der Waals surface area contributed by atoms with E-state index in [-0.39, 0.29) is 0 Å². The molecule has 0 aliphatic rings. The summed E-state index contributed by atoms with van der Waals surface area (Å²) < 4.78 is 5.57. The maximum atomic E-state index is 11.1. The van der Waals surface area contributed by atoms with Crippen LogP contribution < -0.4 is 4.74 Å². The van der Waals surface area contributed by atoms with E-state index < -0.39 is 0 Å². The Labute approximate surface area is 126 Å². The van der Waals surface area contributed by atoms with Crippen molar-refractivity contribution in [1.82, 2.24) is 4.98 Å². The van der Waals surface area contributed by atoms with Crippen LogP contribution in [0.5, 0.6) is 5.75 Å². The largest absolute Gasteiger partial charge is 0.493 e. The fraction of sp³-hybridized carbons (Fsp3) is 0.333. The van der Waals surface area contributed by atoms with Gasteiger partial charge in [0.2, 0.25) is 0 Å². The average Bonchev–Trinajstić information content (AvgIpc) is 2.54. The number of benzene rings is 1. The van der Waals surface area contributed by atoms with Crippen molar-refractivity contribution in [3.63, 3.8) is 0 Å². The lowest BCUT2D eigenvalue weighted by Gasteiger charge is -2.14. The van der Waals surface area contributed by atoms with Crippen LogP contribution in [0.2, 0.25) is 0 Å². The molecule has 2 aromatic rings. The molecule has 0 fully saturated rings. The van der Waals surface area contributed by atoms with Crippen LogP contribution in [0.15, 0.2) is 30.5 Å². The Morgan fingerprint density at radius 3 is 2.33 bits per heavy atom. The van der Waals surface area contributed by atoms with E-state index in [1.807, 2.05) is 13.0 Å². The quantitative estimate of drug-likeness (QED) is 0.750. The highest BCUT2D eigenvalue weighted by molar-refractivity contribution is 5.81. The molecule has 21 heavy (non-hydrogen) atoms. The van der Waals surface area contributed by atoms with Crippen LogP contribution in [0.25, 0.3) is 11.3 Å². The van der Waals surface area contributed by atoms with Gasteiger partial charge >= 0.3 is 0 Å². The summed E-state index contributed by atoms with van der Waals surface area (Å²) in [7, 11) is 0. The van der Waals surface area contributed by atoms with Gasteiger partial charge in [-0.05, 0) is 30.9 Å². The lowest BCUT2D eigenvalue weighted by molar-refractivity contribution is 0.111. The first kappa shape index (κ1) is 15.2. The Balaban J connectivity index is 2.61. The van der Waals surface area contributed by atoms with Crippen LogP contribution in [0.3, 0.4) is 0 Å². The summed E-state index contributed by atoms with van der Waals surface area (Å²) >= 11 is 0. The van der Waals surface area contributed by atoms with Crippen LogP contribution in [0.4, 0.5) is 0 Å². The minimum absolute atomic E-state index is 0.493. The SMILES string of the molecule is CCOc1cc(-c2c(CC)cccc2CC)ncc1C=O. The van der Waals surface area contributed by atoms with E-state index in [0.29, 0.717) is 17.9 Å². The highest BCUT2D eigenvalue weighted by Gasteiger charge is 2.13. The van der Waals surface area contributed by atoms with Gasteiger partial charge in [0.05, 0.1) is 17.9 Å². The number of pyridine rings is 1. The van der Waals surface area contributed by atoms with Crippen LogP contribution in [0.1, 0.15) is 42.3 Å². The number of aldehydes is 1. The second-order valence-electron chi connectivity index (χ2n) is 4.82. The zero-order chi connectivity index (χ0) is 15.2. The van der Waals surface area contributed by atoms with Crippen molar-refractivity contribution in [3.8, 4) is 17.0 Å². The van der Waals surface area contributed by atoms with Crippen LogP contribution in [-0.4, -0.2) is 17.9 Å². The van der Waals surface area contributed by atoms with Crippen molar-refractivity contribution < 1.29 is 9.53 Å². The molecular formula is C18H21NO2. The Bertz CT molecular complexity index is 613. The van der Waals surface area contributed by atoms with Crippen molar-refractivity contribution in [3.05, 3.63) is 47.2 Å². The minimum Gasteiger partial charge on any atom is -0.493 e. The van der Waals surface area contributed by atoms with E-state index in [9.17, 15) is 4.79 Å². The van der Waals surface area contributed by atoms with E-state index in [0.717, 1.165) is 24.8 Å². The molecule has 0 bridgehead atoms. The monoisotopic (exact) mass is 283 g/mol. The van der Waals surface area contributed by atoms with Gasteiger partial charge in [-0.2, -0.15) is 0 Å².